The van der Waals surface area contributed by atoms with Crippen molar-refractivity contribution in [2.45, 2.75) is 6.92 Å². The van der Waals surface area contributed by atoms with Gasteiger partial charge in [-0.1, -0.05) is 42.0 Å². The fourth-order valence-electron chi connectivity index (χ4n) is 2.89. The first-order chi connectivity index (χ1) is 11.3. The fraction of sp³-hybridized carbons (Fsp3) is 0.263. The summed E-state index contributed by atoms with van der Waals surface area (Å²) in [6, 6.07) is 16.5. The summed E-state index contributed by atoms with van der Waals surface area (Å²) in [6.45, 7) is 5.28. The lowest BCUT2D eigenvalue weighted by Crippen LogP contribution is -2.37. The van der Waals surface area contributed by atoms with Gasteiger partial charge in [0.2, 0.25) is 0 Å². The number of aromatic nitrogens is 2. The zero-order valence-electron chi connectivity index (χ0n) is 13.2. The average molecular weight is 305 g/mol. The summed E-state index contributed by atoms with van der Waals surface area (Å²) in [5.41, 5.74) is 5.17. The Labute approximate surface area is 135 Å². The molecule has 0 radical (unpaired) electrons. The van der Waals surface area contributed by atoms with Crippen molar-refractivity contribution in [1.82, 2.24) is 9.97 Å². The molecule has 1 saturated heterocycles. The van der Waals surface area contributed by atoms with Crippen LogP contribution in [0.1, 0.15) is 5.56 Å². The van der Waals surface area contributed by atoms with Gasteiger partial charge in [-0.25, -0.2) is 9.97 Å². The van der Waals surface area contributed by atoms with E-state index in [1.807, 2.05) is 24.3 Å². The molecule has 1 fully saturated rings. The molecule has 2 heterocycles. The van der Waals surface area contributed by atoms with Gasteiger partial charge in [0.05, 0.1) is 24.2 Å². The lowest BCUT2D eigenvalue weighted by Gasteiger charge is -2.29. The minimum atomic E-state index is 0.738. The van der Waals surface area contributed by atoms with E-state index in [1.54, 1.807) is 0 Å². The number of fused-ring (bicyclic) bond motifs is 1. The topological polar surface area (TPSA) is 38.2 Å². The number of ether oxygens (including phenoxy) is 1. The van der Waals surface area contributed by atoms with Crippen LogP contribution in [0.15, 0.2) is 48.5 Å². The molecule has 2 aromatic carbocycles. The molecule has 23 heavy (non-hydrogen) atoms. The summed E-state index contributed by atoms with van der Waals surface area (Å²) in [7, 11) is 0. The van der Waals surface area contributed by atoms with Crippen molar-refractivity contribution in [3.8, 4) is 11.3 Å². The van der Waals surface area contributed by atoms with E-state index in [-0.39, 0.29) is 0 Å². The molecular formula is C19H19N3O. The number of para-hydroxylation sites is 2. The molecule has 0 amide bonds. The molecule has 3 aromatic rings. The van der Waals surface area contributed by atoms with Crippen molar-refractivity contribution in [3.05, 3.63) is 54.1 Å². The standard InChI is InChI=1S/C19H19N3O/c1-14-6-8-15(9-7-14)18-19(22-10-12-23-13-11-22)21-17-5-3-2-4-16(17)20-18/h2-9H,10-13H2,1H3. The zero-order chi connectivity index (χ0) is 15.6. The van der Waals surface area contributed by atoms with E-state index in [2.05, 4.69) is 36.1 Å². The van der Waals surface area contributed by atoms with E-state index >= 15 is 0 Å². The summed E-state index contributed by atoms with van der Waals surface area (Å²) < 4.78 is 5.48. The number of morpholine rings is 1. The predicted octanol–water partition coefficient (Wildman–Crippen LogP) is 3.44. The van der Waals surface area contributed by atoms with Gasteiger partial charge in [0.15, 0.2) is 5.82 Å². The zero-order valence-corrected chi connectivity index (χ0v) is 13.2. The molecule has 0 bridgehead atoms. The number of nitrogens with zero attached hydrogens (tertiary/aromatic N) is 3. The van der Waals surface area contributed by atoms with Crippen LogP contribution in [0.3, 0.4) is 0 Å². The van der Waals surface area contributed by atoms with Crippen LogP contribution in [0.4, 0.5) is 5.82 Å². The van der Waals surface area contributed by atoms with Gasteiger partial charge >= 0.3 is 0 Å². The summed E-state index contributed by atoms with van der Waals surface area (Å²) in [6.07, 6.45) is 0. The van der Waals surface area contributed by atoms with Gasteiger partial charge < -0.3 is 9.64 Å². The molecule has 0 N–H and O–H groups in total. The molecule has 0 spiro atoms. The molecule has 1 aromatic heterocycles. The van der Waals surface area contributed by atoms with Gasteiger partial charge in [-0.2, -0.15) is 0 Å². The van der Waals surface area contributed by atoms with Crippen molar-refractivity contribution in [3.63, 3.8) is 0 Å². The van der Waals surface area contributed by atoms with Gasteiger partial charge in [0, 0.05) is 18.7 Å². The molecule has 4 nitrogen and oxygen atoms in total. The molecule has 4 rings (SSSR count). The number of anilines is 1. The van der Waals surface area contributed by atoms with Crippen molar-refractivity contribution in [2.24, 2.45) is 0 Å². The Kier molecular flexibility index (Phi) is 3.67. The molecule has 116 valence electrons. The normalized spacial score (nSPS) is 15.1. The van der Waals surface area contributed by atoms with Crippen LogP contribution in [-0.2, 0) is 4.74 Å². The molecule has 1 aliphatic rings. The average Bonchev–Trinajstić information content (AvgIpc) is 2.62. The van der Waals surface area contributed by atoms with E-state index in [0.717, 1.165) is 54.4 Å². The van der Waals surface area contributed by atoms with E-state index in [4.69, 9.17) is 14.7 Å². The van der Waals surface area contributed by atoms with E-state index in [1.165, 1.54) is 5.56 Å². The third-order valence-electron chi connectivity index (χ3n) is 4.19. The predicted molar refractivity (Wildman–Crippen MR) is 92.7 cm³/mol. The third-order valence-corrected chi connectivity index (χ3v) is 4.19. The Bertz CT molecular complexity index is 824. The van der Waals surface area contributed by atoms with Crippen molar-refractivity contribution in [2.75, 3.05) is 31.2 Å². The molecule has 1 aliphatic heterocycles. The molecule has 0 aliphatic carbocycles. The summed E-state index contributed by atoms with van der Waals surface area (Å²) >= 11 is 0. The number of hydrogen-bond donors (Lipinski definition) is 0. The minimum absolute atomic E-state index is 0.738. The minimum Gasteiger partial charge on any atom is -0.378 e. The van der Waals surface area contributed by atoms with Crippen LogP contribution in [0.5, 0.6) is 0 Å². The first-order valence-corrected chi connectivity index (χ1v) is 7.98. The van der Waals surface area contributed by atoms with Gasteiger partial charge in [-0.3, -0.25) is 0 Å². The second-order valence-corrected chi connectivity index (χ2v) is 5.85. The van der Waals surface area contributed by atoms with Crippen LogP contribution in [0.2, 0.25) is 0 Å². The fourth-order valence-corrected chi connectivity index (χ4v) is 2.89. The van der Waals surface area contributed by atoms with Gasteiger partial charge in [0.1, 0.15) is 5.69 Å². The lowest BCUT2D eigenvalue weighted by molar-refractivity contribution is 0.122. The number of aryl methyl sites for hydroxylation is 1. The number of rotatable bonds is 2. The maximum atomic E-state index is 5.48. The monoisotopic (exact) mass is 305 g/mol. The Morgan fingerprint density at radius 3 is 2.22 bits per heavy atom. The maximum Gasteiger partial charge on any atom is 0.156 e. The first kappa shape index (κ1) is 14.2. The van der Waals surface area contributed by atoms with Crippen molar-refractivity contribution in [1.29, 1.82) is 0 Å². The molecule has 0 atom stereocenters. The quantitative estimate of drug-likeness (QED) is 0.727. The van der Waals surface area contributed by atoms with E-state index in [9.17, 15) is 0 Å². The highest BCUT2D eigenvalue weighted by atomic mass is 16.5. The second kappa shape index (κ2) is 5.97. The highest BCUT2D eigenvalue weighted by Gasteiger charge is 2.19. The van der Waals surface area contributed by atoms with E-state index < -0.39 is 0 Å². The van der Waals surface area contributed by atoms with Crippen LogP contribution in [-0.4, -0.2) is 36.3 Å². The smallest absolute Gasteiger partial charge is 0.156 e. The van der Waals surface area contributed by atoms with Crippen molar-refractivity contribution < 1.29 is 4.74 Å². The summed E-state index contributed by atoms with van der Waals surface area (Å²) in [4.78, 5) is 12.1. The molecule has 0 saturated carbocycles. The van der Waals surface area contributed by atoms with Crippen LogP contribution in [0, 0.1) is 6.92 Å². The molecule has 0 unspecified atom stereocenters. The SMILES string of the molecule is Cc1ccc(-c2nc3ccccc3nc2N2CCOCC2)cc1. The van der Waals surface area contributed by atoms with Crippen LogP contribution >= 0.6 is 0 Å². The summed E-state index contributed by atoms with van der Waals surface area (Å²) in [5, 5.41) is 0. The third kappa shape index (κ3) is 2.78. The van der Waals surface area contributed by atoms with E-state index in [0.29, 0.717) is 0 Å². The highest BCUT2D eigenvalue weighted by Crippen LogP contribution is 2.30. The number of benzene rings is 2. The Morgan fingerprint density at radius 1 is 0.870 bits per heavy atom. The first-order valence-electron chi connectivity index (χ1n) is 7.98. The molecular weight excluding hydrogens is 286 g/mol. The second-order valence-electron chi connectivity index (χ2n) is 5.85. The maximum absolute atomic E-state index is 5.48. The van der Waals surface area contributed by atoms with Gasteiger partial charge in [0.25, 0.3) is 0 Å². The lowest BCUT2D eigenvalue weighted by atomic mass is 10.1. The summed E-state index contributed by atoms with van der Waals surface area (Å²) in [5.74, 6) is 0.954. The molecule has 4 heteroatoms. The van der Waals surface area contributed by atoms with Gasteiger partial charge in [-0.05, 0) is 19.1 Å². The van der Waals surface area contributed by atoms with Gasteiger partial charge in [-0.15, -0.1) is 0 Å². The Hall–Kier alpha value is -2.46. The highest BCUT2D eigenvalue weighted by molar-refractivity contribution is 5.83. The largest absolute Gasteiger partial charge is 0.378 e. The Morgan fingerprint density at radius 2 is 1.52 bits per heavy atom. The number of hydrogen-bond acceptors (Lipinski definition) is 4. The van der Waals surface area contributed by atoms with Crippen LogP contribution < -0.4 is 4.90 Å². The van der Waals surface area contributed by atoms with Crippen LogP contribution in [0.25, 0.3) is 22.3 Å². The Balaban J connectivity index is 1.89. The van der Waals surface area contributed by atoms with Crippen molar-refractivity contribution >= 4 is 16.9 Å².